The average Bonchev–Trinajstić information content (AvgIpc) is 3.00. The Hall–Kier alpha value is -1.08. The van der Waals surface area contributed by atoms with Gasteiger partial charge in [-0.3, -0.25) is 9.89 Å². The van der Waals surface area contributed by atoms with Crippen molar-refractivity contribution in [3.05, 3.63) is 33.5 Å². The van der Waals surface area contributed by atoms with Crippen LogP contribution in [-0.2, 0) is 0 Å². The van der Waals surface area contributed by atoms with Crippen LogP contribution in [0.15, 0.2) is 29.3 Å². The van der Waals surface area contributed by atoms with Crippen molar-refractivity contribution in [3.63, 3.8) is 0 Å². The molecule has 1 aliphatic heterocycles. The first-order valence-electron chi connectivity index (χ1n) is 8.82. The summed E-state index contributed by atoms with van der Waals surface area (Å²) in [6.45, 7) is 12.3. The van der Waals surface area contributed by atoms with Gasteiger partial charge in [0, 0.05) is 37.1 Å². The molecule has 25 heavy (non-hydrogen) atoms. The van der Waals surface area contributed by atoms with Gasteiger partial charge in [-0.2, -0.15) is 0 Å². The lowest BCUT2D eigenvalue weighted by Gasteiger charge is -2.33. The van der Waals surface area contributed by atoms with Crippen LogP contribution in [0.25, 0.3) is 0 Å². The first kappa shape index (κ1) is 20.2. The number of likely N-dealkylation sites (tertiary alicyclic amines) is 1. The zero-order chi connectivity index (χ0) is 18.2. The van der Waals surface area contributed by atoms with E-state index in [9.17, 15) is 5.11 Å². The predicted molar refractivity (Wildman–Crippen MR) is 108 cm³/mol. The quantitative estimate of drug-likeness (QED) is 0.384. The number of thiophene rings is 1. The lowest BCUT2D eigenvalue weighted by Crippen LogP contribution is -2.49. The number of rotatable bonds is 7. The number of aliphatic hydroxyl groups is 1. The Morgan fingerprint density at radius 2 is 2.20 bits per heavy atom. The Morgan fingerprint density at radius 3 is 2.76 bits per heavy atom. The van der Waals surface area contributed by atoms with E-state index >= 15 is 0 Å². The fourth-order valence-electron chi connectivity index (χ4n) is 2.91. The molecular formula is C18H29ClN4OS. The molecule has 2 rings (SSSR count). The number of aliphatic imine (C=N–C) groups is 1. The molecule has 1 aromatic rings. The second-order valence-corrected chi connectivity index (χ2v) is 8.28. The van der Waals surface area contributed by atoms with E-state index in [1.165, 1.54) is 16.9 Å². The van der Waals surface area contributed by atoms with Crippen LogP contribution in [0.3, 0.4) is 0 Å². The molecule has 1 fully saturated rings. The molecule has 0 radical (unpaired) electrons. The van der Waals surface area contributed by atoms with Crippen molar-refractivity contribution in [2.45, 2.75) is 38.8 Å². The van der Waals surface area contributed by atoms with Gasteiger partial charge in [-0.25, -0.2) is 0 Å². The van der Waals surface area contributed by atoms with E-state index in [1.54, 1.807) is 6.07 Å². The summed E-state index contributed by atoms with van der Waals surface area (Å²) >= 11 is 7.32. The molecule has 140 valence electrons. The molecule has 3 N–H and O–H groups in total. The van der Waals surface area contributed by atoms with Crippen LogP contribution in [0.2, 0.25) is 4.34 Å². The monoisotopic (exact) mass is 384 g/mol. The van der Waals surface area contributed by atoms with E-state index in [1.807, 2.05) is 13.0 Å². The Morgan fingerprint density at radius 1 is 1.48 bits per heavy atom. The van der Waals surface area contributed by atoms with Gasteiger partial charge >= 0.3 is 0 Å². The summed E-state index contributed by atoms with van der Waals surface area (Å²) in [7, 11) is 0. The number of piperidine rings is 1. The smallest absolute Gasteiger partial charge is 0.191 e. The van der Waals surface area contributed by atoms with Crippen molar-refractivity contribution in [3.8, 4) is 0 Å². The van der Waals surface area contributed by atoms with Crippen molar-refractivity contribution in [2.24, 2.45) is 4.99 Å². The third-order valence-electron chi connectivity index (χ3n) is 4.11. The maximum absolute atomic E-state index is 10.2. The zero-order valence-corrected chi connectivity index (χ0v) is 16.7. The van der Waals surface area contributed by atoms with E-state index < -0.39 is 6.10 Å². The van der Waals surface area contributed by atoms with Gasteiger partial charge in [-0.05, 0) is 38.8 Å². The fraction of sp³-hybridized carbons (Fsp3) is 0.611. The first-order chi connectivity index (χ1) is 12.0. The standard InChI is InChI=1S/C18H29ClN4OS/c1-4-20-18(21-11-15(24)16-5-6-17(19)25-16)22-14-7-9-23(10-8-14)12-13(2)3/h5-6,14-15,24H,2,4,7-12H2,1,3H3,(H2,20,21,22). The average molecular weight is 385 g/mol. The van der Waals surface area contributed by atoms with Crippen LogP contribution in [-0.4, -0.2) is 54.7 Å². The van der Waals surface area contributed by atoms with E-state index in [4.69, 9.17) is 11.6 Å². The number of hydrogen-bond acceptors (Lipinski definition) is 4. The first-order valence-corrected chi connectivity index (χ1v) is 10.0. The third kappa shape index (κ3) is 6.98. The molecule has 0 bridgehead atoms. The summed E-state index contributed by atoms with van der Waals surface area (Å²) < 4.78 is 0.685. The molecule has 0 aliphatic carbocycles. The summed E-state index contributed by atoms with van der Waals surface area (Å²) in [6.07, 6.45) is 1.55. The molecule has 0 saturated carbocycles. The van der Waals surface area contributed by atoms with E-state index in [-0.39, 0.29) is 0 Å². The molecule has 1 aromatic heterocycles. The maximum atomic E-state index is 10.2. The number of nitrogens with one attached hydrogen (secondary N) is 2. The van der Waals surface area contributed by atoms with Crippen molar-refractivity contribution in [1.29, 1.82) is 0 Å². The fourth-order valence-corrected chi connectivity index (χ4v) is 3.94. The van der Waals surface area contributed by atoms with Gasteiger partial charge in [0.2, 0.25) is 0 Å². The summed E-state index contributed by atoms with van der Waals surface area (Å²) in [5, 5.41) is 17.0. The molecular weight excluding hydrogens is 356 g/mol. The largest absolute Gasteiger partial charge is 0.386 e. The van der Waals surface area contributed by atoms with Crippen LogP contribution in [0.1, 0.15) is 37.7 Å². The molecule has 0 spiro atoms. The minimum atomic E-state index is -0.620. The molecule has 0 aromatic carbocycles. The highest BCUT2D eigenvalue weighted by Gasteiger charge is 2.20. The summed E-state index contributed by atoms with van der Waals surface area (Å²) in [4.78, 5) is 7.83. The second-order valence-electron chi connectivity index (χ2n) is 6.53. The molecule has 1 unspecified atom stereocenters. The highest BCUT2D eigenvalue weighted by molar-refractivity contribution is 7.16. The molecule has 0 amide bonds. The van der Waals surface area contributed by atoms with Crippen molar-refractivity contribution in [1.82, 2.24) is 15.5 Å². The SMILES string of the molecule is C=C(C)CN1CCC(NC(=NCC(O)c2ccc(Cl)s2)NCC)CC1. The highest BCUT2D eigenvalue weighted by Crippen LogP contribution is 2.26. The minimum absolute atomic E-state index is 0.320. The number of aliphatic hydroxyl groups excluding tert-OH is 1. The number of nitrogens with zero attached hydrogens (tertiary/aromatic N) is 2. The zero-order valence-electron chi connectivity index (χ0n) is 15.1. The topological polar surface area (TPSA) is 59.9 Å². The van der Waals surface area contributed by atoms with Gasteiger partial charge < -0.3 is 15.7 Å². The van der Waals surface area contributed by atoms with Gasteiger partial charge in [0.25, 0.3) is 0 Å². The van der Waals surface area contributed by atoms with E-state index in [0.717, 1.165) is 49.9 Å². The lowest BCUT2D eigenvalue weighted by molar-refractivity contribution is 0.190. The molecule has 5 nitrogen and oxygen atoms in total. The number of halogens is 1. The Kier molecular flexibility index (Phi) is 8.22. The van der Waals surface area contributed by atoms with Crippen LogP contribution in [0.4, 0.5) is 0 Å². The van der Waals surface area contributed by atoms with Crippen molar-refractivity contribution >= 4 is 28.9 Å². The lowest BCUT2D eigenvalue weighted by atomic mass is 10.0. The van der Waals surface area contributed by atoms with Gasteiger partial charge in [0.15, 0.2) is 5.96 Å². The molecule has 1 atom stereocenters. The Labute approximate surface area is 159 Å². The highest BCUT2D eigenvalue weighted by atomic mass is 35.5. The van der Waals surface area contributed by atoms with Crippen LogP contribution in [0, 0.1) is 0 Å². The molecule has 1 aliphatic rings. The van der Waals surface area contributed by atoms with Crippen molar-refractivity contribution in [2.75, 3.05) is 32.7 Å². The maximum Gasteiger partial charge on any atom is 0.191 e. The van der Waals surface area contributed by atoms with E-state index in [0.29, 0.717) is 16.9 Å². The van der Waals surface area contributed by atoms with Gasteiger partial charge in [0.05, 0.1) is 10.9 Å². The summed E-state index contributed by atoms with van der Waals surface area (Å²) in [6, 6.07) is 4.06. The molecule has 1 saturated heterocycles. The summed E-state index contributed by atoms with van der Waals surface area (Å²) in [5.41, 5.74) is 1.21. The number of hydrogen-bond donors (Lipinski definition) is 3. The van der Waals surface area contributed by atoms with Crippen LogP contribution >= 0.6 is 22.9 Å². The Bertz CT molecular complexity index is 581. The molecule has 2 heterocycles. The molecule has 7 heteroatoms. The van der Waals surface area contributed by atoms with Crippen LogP contribution < -0.4 is 10.6 Å². The normalized spacial score (nSPS) is 18.2. The van der Waals surface area contributed by atoms with Crippen LogP contribution in [0.5, 0.6) is 0 Å². The minimum Gasteiger partial charge on any atom is -0.386 e. The Balaban J connectivity index is 1.84. The van der Waals surface area contributed by atoms with Gasteiger partial charge in [-0.1, -0.05) is 23.8 Å². The number of guanidine groups is 1. The second kappa shape index (κ2) is 10.2. The predicted octanol–water partition coefficient (Wildman–Crippen LogP) is 3.03. The van der Waals surface area contributed by atoms with Gasteiger partial charge in [0.1, 0.15) is 6.10 Å². The van der Waals surface area contributed by atoms with Gasteiger partial charge in [-0.15, -0.1) is 11.3 Å². The summed E-state index contributed by atoms with van der Waals surface area (Å²) in [5.74, 6) is 0.766. The third-order valence-corrected chi connectivity index (χ3v) is 5.44. The van der Waals surface area contributed by atoms with E-state index in [2.05, 4.69) is 34.0 Å². The van der Waals surface area contributed by atoms with Crippen molar-refractivity contribution < 1.29 is 5.11 Å².